The van der Waals surface area contributed by atoms with Crippen molar-refractivity contribution in [3.8, 4) is 0 Å². The fourth-order valence-electron chi connectivity index (χ4n) is 2.95. The van der Waals surface area contributed by atoms with Crippen LogP contribution in [0, 0.1) is 5.92 Å². The Morgan fingerprint density at radius 2 is 1.70 bits per heavy atom. The van der Waals surface area contributed by atoms with Crippen LogP contribution in [0.15, 0.2) is 0 Å². The molecule has 1 N–H and O–H groups in total. The number of likely N-dealkylation sites (tertiary alicyclic amines) is 1. The molecule has 2 unspecified atom stereocenters. The van der Waals surface area contributed by atoms with Gasteiger partial charge in [0, 0.05) is 25.2 Å². The number of piperazine rings is 1. The molecule has 2 rings (SSSR count). The van der Waals surface area contributed by atoms with Gasteiger partial charge in [0.2, 0.25) is 0 Å². The Bertz CT molecular complexity index is 377. The minimum absolute atomic E-state index is 0.0583. The lowest BCUT2D eigenvalue weighted by atomic mass is 9.85. The van der Waals surface area contributed by atoms with Crippen molar-refractivity contribution in [2.24, 2.45) is 5.92 Å². The van der Waals surface area contributed by atoms with Gasteiger partial charge in [-0.1, -0.05) is 0 Å². The Morgan fingerprint density at radius 3 is 2.15 bits per heavy atom. The van der Waals surface area contributed by atoms with Gasteiger partial charge in [0.25, 0.3) is 0 Å². The maximum Gasteiger partial charge on any atom is 0.410 e. The molecule has 0 spiro atoms. The zero-order valence-corrected chi connectivity index (χ0v) is 12.6. The highest BCUT2D eigenvalue weighted by Crippen LogP contribution is 2.26. The van der Waals surface area contributed by atoms with Gasteiger partial charge < -0.3 is 19.7 Å². The summed E-state index contributed by atoms with van der Waals surface area (Å²) in [5, 5.41) is 3.45. The molecule has 0 aromatic heterocycles. The molecular weight excluding hydrogens is 260 g/mol. The lowest BCUT2D eigenvalue weighted by molar-refractivity contribution is -0.147. The number of carbonyl (C=O) groups is 2. The van der Waals surface area contributed by atoms with Crippen LogP contribution in [0.2, 0.25) is 0 Å². The monoisotopic (exact) mass is 284 g/mol. The highest BCUT2D eigenvalue weighted by atomic mass is 16.6. The molecule has 20 heavy (non-hydrogen) atoms. The van der Waals surface area contributed by atoms with Crippen LogP contribution in [0.25, 0.3) is 0 Å². The van der Waals surface area contributed by atoms with Crippen molar-refractivity contribution >= 4 is 12.1 Å². The fraction of sp³-hybridized carbons (Fsp3) is 0.857. The Kier molecular flexibility index (Phi) is 4.22. The summed E-state index contributed by atoms with van der Waals surface area (Å²) in [6.07, 6.45) is 1.15. The van der Waals surface area contributed by atoms with Crippen LogP contribution in [0.1, 0.15) is 33.6 Å². The summed E-state index contributed by atoms with van der Waals surface area (Å²) in [6.45, 7) is 6.75. The van der Waals surface area contributed by atoms with Crippen molar-refractivity contribution in [2.45, 2.75) is 51.3 Å². The molecule has 2 bridgehead atoms. The Morgan fingerprint density at radius 1 is 1.15 bits per heavy atom. The molecule has 0 aliphatic carbocycles. The van der Waals surface area contributed by atoms with E-state index < -0.39 is 5.60 Å². The first-order valence-electron chi connectivity index (χ1n) is 7.10. The van der Waals surface area contributed by atoms with E-state index in [0.717, 1.165) is 0 Å². The second-order valence-electron chi connectivity index (χ2n) is 6.64. The maximum absolute atomic E-state index is 12.1. The minimum atomic E-state index is -0.481. The first kappa shape index (κ1) is 15.1. The van der Waals surface area contributed by atoms with E-state index in [1.165, 1.54) is 7.11 Å². The van der Waals surface area contributed by atoms with E-state index in [-0.39, 0.29) is 30.1 Å². The van der Waals surface area contributed by atoms with Crippen molar-refractivity contribution in [2.75, 3.05) is 20.2 Å². The molecular formula is C14H24N2O4. The number of esters is 1. The van der Waals surface area contributed by atoms with E-state index in [1.54, 1.807) is 4.90 Å². The molecule has 2 aliphatic rings. The lowest BCUT2D eigenvalue weighted by Gasteiger charge is -2.44. The van der Waals surface area contributed by atoms with Gasteiger partial charge in [-0.25, -0.2) is 4.79 Å². The van der Waals surface area contributed by atoms with E-state index in [9.17, 15) is 9.59 Å². The van der Waals surface area contributed by atoms with Crippen LogP contribution < -0.4 is 5.32 Å². The predicted molar refractivity (Wildman–Crippen MR) is 73.3 cm³/mol. The first-order chi connectivity index (χ1) is 9.28. The minimum Gasteiger partial charge on any atom is -0.469 e. The molecule has 2 atom stereocenters. The number of hydrogen-bond donors (Lipinski definition) is 1. The Hall–Kier alpha value is -1.30. The summed E-state index contributed by atoms with van der Waals surface area (Å²) in [6, 6.07) is 0.276. The van der Waals surface area contributed by atoms with Gasteiger partial charge in [0.1, 0.15) is 5.60 Å². The maximum atomic E-state index is 12.1. The third-order valence-corrected chi connectivity index (χ3v) is 3.68. The largest absolute Gasteiger partial charge is 0.469 e. The number of fused-ring (bicyclic) bond motifs is 2. The van der Waals surface area contributed by atoms with Gasteiger partial charge in [-0.15, -0.1) is 0 Å². The zero-order chi connectivity index (χ0) is 14.9. The van der Waals surface area contributed by atoms with Crippen LogP contribution in [0.4, 0.5) is 4.79 Å². The Balaban J connectivity index is 1.95. The van der Waals surface area contributed by atoms with Crippen molar-refractivity contribution < 1.29 is 19.1 Å². The number of ether oxygens (including phenoxy) is 2. The van der Waals surface area contributed by atoms with Crippen molar-refractivity contribution in [3.05, 3.63) is 0 Å². The van der Waals surface area contributed by atoms with Crippen LogP contribution >= 0.6 is 0 Å². The third kappa shape index (κ3) is 3.62. The Labute approximate surface area is 119 Å². The highest BCUT2D eigenvalue weighted by Gasteiger charge is 2.40. The zero-order valence-electron chi connectivity index (χ0n) is 12.6. The lowest BCUT2D eigenvalue weighted by Crippen LogP contribution is -2.62. The quantitative estimate of drug-likeness (QED) is 0.732. The molecule has 6 nitrogen and oxygen atoms in total. The van der Waals surface area contributed by atoms with Gasteiger partial charge in [0.05, 0.1) is 13.0 Å². The normalized spacial score (nSPS) is 29.8. The molecule has 0 saturated carbocycles. The van der Waals surface area contributed by atoms with E-state index in [0.29, 0.717) is 25.9 Å². The second-order valence-corrected chi connectivity index (χ2v) is 6.64. The number of methoxy groups -OCH3 is 1. The summed E-state index contributed by atoms with van der Waals surface area (Å²) < 4.78 is 10.2. The van der Waals surface area contributed by atoms with Crippen molar-refractivity contribution in [1.82, 2.24) is 10.2 Å². The smallest absolute Gasteiger partial charge is 0.410 e. The van der Waals surface area contributed by atoms with Gasteiger partial charge in [-0.3, -0.25) is 4.79 Å². The SMILES string of the molecule is COC(=O)C1CC2CN(C(=O)OC(C)(C)C)CC(C1)N2. The van der Waals surface area contributed by atoms with Crippen LogP contribution in [0.5, 0.6) is 0 Å². The highest BCUT2D eigenvalue weighted by molar-refractivity contribution is 5.73. The molecule has 1 amide bonds. The summed E-state index contributed by atoms with van der Waals surface area (Å²) in [5.41, 5.74) is -0.481. The topological polar surface area (TPSA) is 67.9 Å². The number of rotatable bonds is 1. The molecule has 0 radical (unpaired) electrons. The summed E-state index contributed by atoms with van der Waals surface area (Å²) in [5.74, 6) is -0.204. The standard InChI is InChI=1S/C14H24N2O4/c1-14(2,3)20-13(18)16-7-10-5-9(12(17)19-4)6-11(8-16)15-10/h9-11,15H,5-8H2,1-4H3. The summed E-state index contributed by atoms with van der Waals surface area (Å²) >= 11 is 0. The number of piperidine rings is 1. The van der Waals surface area contributed by atoms with Crippen molar-refractivity contribution in [3.63, 3.8) is 0 Å². The van der Waals surface area contributed by atoms with Crippen LogP contribution in [-0.4, -0.2) is 54.8 Å². The molecule has 2 saturated heterocycles. The number of amides is 1. The van der Waals surface area contributed by atoms with Gasteiger partial charge in [-0.2, -0.15) is 0 Å². The van der Waals surface area contributed by atoms with Gasteiger partial charge in [0.15, 0.2) is 0 Å². The third-order valence-electron chi connectivity index (χ3n) is 3.68. The van der Waals surface area contributed by atoms with E-state index in [4.69, 9.17) is 9.47 Å². The number of nitrogens with one attached hydrogen (secondary N) is 1. The number of nitrogens with zero attached hydrogens (tertiary/aromatic N) is 1. The summed E-state index contributed by atoms with van der Waals surface area (Å²) in [7, 11) is 1.42. The first-order valence-corrected chi connectivity index (χ1v) is 7.10. The summed E-state index contributed by atoms with van der Waals surface area (Å²) in [4.78, 5) is 25.5. The second kappa shape index (κ2) is 5.60. The molecule has 114 valence electrons. The van der Waals surface area contributed by atoms with E-state index in [2.05, 4.69) is 5.32 Å². The molecule has 2 heterocycles. The predicted octanol–water partition coefficient (Wildman–Crippen LogP) is 1.15. The van der Waals surface area contributed by atoms with Crippen molar-refractivity contribution in [1.29, 1.82) is 0 Å². The molecule has 2 aliphatic heterocycles. The number of carbonyl (C=O) groups excluding carboxylic acids is 2. The molecule has 0 aromatic rings. The fourth-order valence-corrected chi connectivity index (χ4v) is 2.95. The molecule has 2 fully saturated rings. The average Bonchev–Trinajstić information content (AvgIpc) is 2.34. The van der Waals surface area contributed by atoms with E-state index >= 15 is 0 Å². The van der Waals surface area contributed by atoms with Gasteiger partial charge in [-0.05, 0) is 33.6 Å². The molecule has 0 aromatic carbocycles. The van der Waals surface area contributed by atoms with Gasteiger partial charge >= 0.3 is 12.1 Å². The van der Waals surface area contributed by atoms with E-state index in [1.807, 2.05) is 20.8 Å². The average molecular weight is 284 g/mol. The molecule has 6 heteroatoms. The number of hydrogen-bond acceptors (Lipinski definition) is 5. The van der Waals surface area contributed by atoms with Crippen LogP contribution in [-0.2, 0) is 14.3 Å². The van der Waals surface area contributed by atoms with Crippen LogP contribution in [0.3, 0.4) is 0 Å².